The molecule has 0 aromatic carbocycles. The molecule has 1 atom stereocenters. The van der Waals surface area contributed by atoms with Gasteiger partial charge in [0.2, 0.25) is 0 Å². The lowest BCUT2D eigenvalue weighted by Crippen LogP contribution is -2.12. The number of nitrogens with zero attached hydrogens (tertiary/aromatic N) is 1. The zero-order valence-corrected chi connectivity index (χ0v) is 8.69. The van der Waals surface area contributed by atoms with Gasteiger partial charge in [0.1, 0.15) is 0 Å². The second-order valence-corrected chi connectivity index (χ2v) is 4.58. The third-order valence-corrected chi connectivity index (χ3v) is 2.63. The largest absolute Gasteiger partial charge is 0.324 e. The first-order valence-electron chi connectivity index (χ1n) is 4.28. The normalized spacial score (nSPS) is 13.8. The third-order valence-electron chi connectivity index (χ3n) is 1.91. The third kappa shape index (κ3) is 2.29. The summed E-state index contributed by atoms with van der Waals surface area (Å²) in [5.74, 6) is 0.652. The number of rotatable bonds is 3. The molecule has 0 amide bonds. The fourth-order valence-electron chi connectivity index (χ4n) is 1.30. The Balaban J connectivity index is 2.65. The molecule has 2 nitrogen and oxygen atoms in total. The highest BCUT2D eigenvalue weighted by atomic mass is 32.1. The molecule has 1 aromatic heterocycles. The van der Waals surface area contributed by atoms with Crippen molar-refractivity contribution in [2.75, 3.05) is 0 Å². The second-order valence-electron chi connectivity index (χ2n) is 3.57. The van der Waals surface area contributed by atoms with Gasteiger partial charge in [-0.15, -0.1) is 0 Å². The zero-order chi connectivity index (χ0) is 9.14. The van der Waals surface area contributed by atoms with E-state index in [1.54, 1.807) is 0 Å². The van der Waals surface area contributed by atoms with Crippen molar-refractivity contribution in [3.8, 4) is 0 Å². The lowest BCUT2D eigenvalue weighted by Gasteiger charge is -2.12. The van der Waals surface area contributed by atoms with Crippen LogP contribution in [-0.4, -0.2) is 4.37 Å². The van der Waals surface area contributed by atoms with Gasteiger partial charge in [0.25, 0.3) is 0 Å². The molecule has 0 aliphatic rings. The molecule has 1 unspecified atom stereocenters. The van der Waals surface area contributed by atoms with Crippen molar-refractivity contribution in [2.24, 2.45) is 11.7 Å². The van der Waals surface area contributed by atoms with Crippen molar-refractivity contribution >= 4 is 11.5 Å². The lowest BCUT2D eigenvalue weighted by molar-refractivity contribution is 0.509. The molecule has 0 saturated heterocycles. The highest BCUT2D eigenvalue weighted by molar-refractivity contribution is 7.05. The van der Waals surface area contributed by atoms with Crippen LogP contribution in [0.15, 0.2) is 6.20 Å². The lowest BCUT2D eigenvalue weighted by atomic mass is 9.99. The van der Waals surface area contributed by atoms with Gasteiger partial charge in [-0.3, -0.25) is 0 Å². The minimum atomic E-state index is 0.170. The summed E-state index contributed by atoms with van der Waals surface area (Å²) in [4.78, 5) is 1.25. The summed E-state index contributed by atoms with van der Waals surface area (Å²) in [6.07, 6.45) is 2.94. The van der Waals surface area contributed by atoms with Gasteiger partial charge >= 0.3 is 0 Å². The van der Waals surface area contributed by atoms with Crippen molar-refractivity contribution < 1.29 is 0 Å². The van der Waals surface area contributed by atoms with Gasteiger partial charge in [-0.1, -0.05) is 13.8 Å². The fraction of sp³-hybridized carbons (Fsp3) is 0.667. The molecule has 12 heavy (non-hydrogen) atoms. The van der Waals surface area contributed by atoms with Crippen LogP contribution in [0, 0.1) is 12.8 Å². The average Bonchev–Trinajstić information content (AvgIpc) is 2.33. The summed E-state index contributed by atoms with van der Waals surface area (Å²) < 4.78 is 4.11. The van der Waals surface area contributed by atoms with Gasteiger partial charge in [0.15, 0.2) is 0 Å². The summed E-state index contributed by atoms with van der Waals surface area (Å²) in [5, 5.41) is 0. The van der Waals surface area contributed by atoms with Crippen LogP contribution in [-0.2, 0) is 0 Å². The molecule has 1 aromatic rings. The maximum Gasteiger partial charge on any atom is 0.0457 e. The Kier molecular flexibility index (Phi) is 3.23. The summed E-state index contributed by atoms with van der Waals surface area (Å²) in [6, 6.07) is 0.170. The number of hydrogen-bond donors (Lipinski definition) is 1. The Morgan fingerprint density at radius 1 is 1.58 bits per heavy atom. The van der Waals surface area contributed by atoms with E-state index >= 15 is 0 Å². The van der Waals surface area contributed by atoms with Crippen LogP contribution in [0.25, 0.3) is 0 Å². The van der Waals surface area contributed by atoms with Gasteiger partial charge in [-0.05, 0) is 30.8 Å². The predicted octanol–water partition coefficient (Wildman–Crippen LogP) is 2.50. The van der Waals surface area contributed by atoms with Gasteiger partial charge in [-0.2, -0.15) is 0 Å². The fourth-order valence-corrected chi connectivity index (χ4v) is 1.93. The monoisotopic (exact) mass is 184 g/mol. The number of nitrogens with two attached hydrogens (primary N) is 1. The van der Waals surface area contributed by atoms with Gasteiger partial charge in [0, 0.05) is 22.7 Å². The zero-order valence-electron chi connectivity index (χ0n) is 7.87. The van der Waals surface area contributed by atoms with Crippen molar-refractivity contribution in [3.63, 3.8) is 0 Å². The van der Waals surface area contributed by atoms with Crippen LogP contribution < -0.4 is 5.73 Å². The first-order valence-corrected chi connectivity index (χ1v) is 5.05. The maximum absolute atomic E-state index is 6.01. The van der Waals surface area contributed by atoms with E-state index in [2.05, 4.69) is 25.1 Å². The van der Waals surface area contributed by atoms with E-state index in [1.165, 1.54) is 22.0 Å². The molecule has 0 fully saturated rings. The molecule has 0 aliphatic heterocycles. The molecule has 68 valence electrons. The van der Waals surface area contributed by atoms with Crippen molar-refractivity contribution in [1.82, 2.24) is 4.37 Å². The highest BCUT2D eigenvalue weighted by Crippen LogP contribution is 2.23. The molecular weight excluding hydrogens is 168 g/mol. The van der Waals surface area contributed by atoms with E-state index in [-0.39, 0.29) is 6.04 Å². The molecule has 0 spiro atoms. The van der Waals surface area contributed by atoms with Crippen LogP contribution in [0.2, 0.25) is 0 Å². The first kappa shape index (κ1) is 9.68. The van der Waals surface area contributed by atoms with E-state index in [1.807, 2.05) is 6.20 Å². The molecule has 0 radical (unpaired) electrons. The van der Waals surface area contributed by atoms with Gasteiger partial charge in [0.05, 0.1) is 0 Å². The minimum Gasteiger partial charge on any atom is -0.324 e. The standard InChI is InChI=1S/C9H16N2S/c1-6(2)4-9(10)8-5-11-12-7(8)3/h5-6,9H,4,10H2,1-3H3. The summed E-state index contributed by atoms with van der Waals surface area (Å²) >= 11 is 1.53. The van der Waals surface area contributed by atoms with E-state index in [9.17, 15) is 0 Å². The molecule has 0 saturated carbocycles. The maximum atomic E-state index is 6.01. The Labute approximate surface area is 78.0 Å². The molecule has 0 bridgehead atoms. The Hall–Kier alpha value is -0.410. The van der Waals surface area contributed by atoms with Crippen LogP contribution in [0.3, 0.4) is 0 Å². The molecule has 2 N–H and O–H groups in total. The topological polar surface area (TPSA) is 38.9 Å². The van der Waals surface area contributed by atoms with Crippen molar-refractivity contribution in [1.29, 1.82) is 0 Å². The SMILES string of the molecule is Cc1sncc1C(N)CC(C)C. The smallest absolute Gasteiger partial charge is 0.0457 e. The van der Waals surface area contributed by atoms with Crippen LogP contribution in [0.5, 0.6) is 0 Å². The minimum absolute atomic E-state index is 0.170. The van der Waals surface area contributed by atoms with Crippen molar-refractivity contribution in [2.45, 2.75) is 33.2 Å². The van der Waals surface area contributed by atoms with E-state index in [0.29, 0.717) is 5.92 Å². The summed E-state index contributed by atoms with van der Waals surface area (Å²) in [7, 11) is 0. The average molecular weight is 184 g/mol. The second kappa shape index (κ2) is 4.01. The Morgan fingerprint density at radius 2 is 2.25 bits per heavy atom. The van der Waals surface area contributed by atoms with E-state index in [4.69, 9.17) is 5.73 Å². The van der Waals surface area contributed by atoms with Crippen LogP contribution >= 0.6 is 11.5 Å². The van der Waals surface area contributed by atoms with E-state index < -0.39 is 0 Å². The number of aromatic nitrogens is 1. The summed E-state index contributed by atoms with van der Waals surface area (Å²) in [6.45, 7) is 6.46. The van der Waals surface area contributed by atoms with E-state index in [0.717, 1.165) is 6.42 Å². The predicted molar refractivity (Wildman–Crippen MR) is 53.2 cm³/mol. The van der Waals surface area contributed by atoms with Crippen LogP contribution in [0.1, 0.15) is 36.8 Å². The first-order chi connectivity index (χ1) is 5.61. The number of aryl methyl sites for hydroxylation is 1. The highest BCUT2D eigenvalue weighted by Gasteiger charge is 2.11. The quantitative estimate of drug-likeness (QED) is 0.784. The van der Waals surface area contributed by atoms with Crippen molar-refractivity contribution in [3.05, 3.63) is 16.6 Å². The molecule has 0 aliphatic carbocycles. The molecule has 1 rings (SSSR count). The Morgan fingerprint density at radius 3 is 2.67 bits per heavy atom. The molecule has 3 heteroatoms. The Bertz CT molecular complexity index is 242. The van der Waals surface area contributed by atoms with Gasteiger partial charge in [-0.25, -0.2) is 4.37 Å². The molecular formula is C9H16N2S. The summed E-state index contributed by atoms with van der Waals surface area (Å²) in [5.41, 5.74) is 7.22. The van der Waals surface area contributed by atoms with Crippen LogP contribution in [0.4, 0.5) is 0 Å². The molecule has 1 heterocycles. The van der Waals surface area contributed by atoms with Gasteiger partial charge < -0.3 is 5.73 Å². The number of hydrogen-bond acceptors (Lipinski definition) is 3.